The average Bonchev–Trinajstić information content (AvgIpc) is 3.10. The van der Waals surface area contributed by atoms with E-state index in [-0.39, 0.29) is 0 Å². The first-order valence-corrected chi connectivity index (χ1v) is 10.7. The number of benzene rings is 1. The Kier molecular flexibility index (Phi) is 11.9. The van der Waals surface area contributed by atoms with E-state index >= 15 is 0 Å². The lowest BCUT2D eigenvalue weighted by atomic mass is 10.0. The van der Waals surface area contributed by atoms with Gasteiger partial charge in [0.05, 0.1) is 12.1 Å². The molecule has 1 N–H and O–H groups in total. The Hall–Kier alpha value is -2.30. The summed E-state index contributed by atoms with van der Waals surface area (Å²) < 4.78 is 7.47. The van der Waals surface area contributed by atoms with Crippen molar-refractivity contribution in [3.8, 4) is 11.4 Å². The monoisotopic (exact) mass is 430 g/mol. The largest absolute Gasteiger partial charge is 0.497 e. The zero-order valence-electron chi connectivity index (χ0n) is 18.7. The van der Waals surface area contributed by atoms with Crippen molar-refractivity contribution in [1.82, 2.24) is 9.88 Å². The van der Waals surface area contributed by atoms with Crippen LogP contribution < -0.4 is 10.1 Å². The average molecular weight is 431 g/mol. The molecule has 0 aliphatic rings. The number of methoxy groups -OCH3 is 1. The molecule has 0 fully saturated rings. The van der Waals surface area contributed by atoms with Crippen molar-refractivity contribution in [3.05, 3.63) is 65.0 Å². The molecular weight excluding hydrogens is 396 g/mol. The number of aromatic nitrogens is 1. The van der Waals surface area contributed by atoms with E-state index in [0.29, 0.717) is 5.92 Å². The third kappa shape index (κ3) is 7.19. The van der Waals surface area contributed by atoms with E-state index in [4.69, 9.17) is 21.1 Å². The van der Waals surface area contributed by atoms with Gasteiger partial charge in [0.25, 0.3) is 0 Å². The van der Waals surface area contributed by atoms with E-state index in [0.717, 1.165) is 41.4 Å². The van der Waals surface area contributed by atoms with Crippen LogP contribution in [0.25, 0.3) is 11.8 Å². The molecule has 30 heavy (non-hydrogen) atoms. The van der Waals surface area contributed by atoms with Crippen LogP contribution in [0, 0.1) is 0 Å². The number of hydrogen-bond acceptors (Lipinski definition) is 3. The predicted octanol–water partition coefficient (Wildman–Crippen LogP) is 6.43. The zero-order valence-corrected chi connectivity index (χ0v) is 19.5. The lowest BCUT2D eigenvalue weighted by Crippen LogP contribution is -2.06. The Bertz CT molecular complexity index is 807. The summed E-state index contributed by atoms with van der Waals surface area (Å²) >= 11 is 6.67. The third-order valence-electron chi connectivity index (χ3n) is 4.92. The minimum atomic E-state index is 0.336. The summed E-state index contributed by atoms with van der Waals surface area (Å²) in [6.45, 7) is 11.5. The summed E-state index contributed by atoms with van der Waals surface area (Å²) in [4.78, 5) is 8.00. The van der Waals surface area contributed by atoms with Gasteiger partial charge in [-0.05, 0) is 74.7 Å². The number of hydrogen-bond donors (Lipinski definition) is 1. The lowest BCUT2D eigenvalue weighted by Gasteiger charge is -2.14. The van der Waals surface area contributed by atoms with Gasteiger partial charge in [-0.1, -0.05) is 44.5 Å². The van der Waals surface area contributed by atoms with Gasteiger partial charge in [-0.3, -0.25) is 0 Å². The smallest absolute Gasteiger partial charge is 0.119 e. The number of nitrogens with zero attached hydrogens (tertiary/aromatic N) is 1. The number of allylic oxidation sites excluding steroid dienone is 2. The molecule has 5 heteroatoms. The van der Waals surface area contributed by atoms with Gasteiger partial charge in [0, 0.05) is 23.1 Å². The van der Waals surface area contributed by atoms with Crippen molar-refractivity contribution < 1.29 is 9.53 Å². The molecule has 4 nitrogen and oxygen atoms in total. The third-order valence-corrected chi connectivity index (χ3v) is 5.22. The molecule has 0 radical (unpaired) electrons. The fourth-order valence-electron chi connectivity index (χ4n) is 3.42. The van der Waals surface area contributed by atoms with Gasteiger partial charge in [0.2, 0.25) is 0 Å². The Morgan fingerprint density at radius 2 is 1.87 bits per heavy atom. The molecule has 0 saturated heterocycles. The molecule has 0 aliphatic carbocycles. The van der Waals surface area contributed by atoms with Gasteiger partial charge < -0.3 is 19.4 Å². The van der Waals surface area contributed by atoms with Gasteiger partial charge in [-0.15, -0.1) is 0 Å². The summed E-state index contributed by atoms with van der Waals surface area (Å²) in [6, 6.07) is 8.07. The van der Waals surface area contributed by atoms with Gasteiger partial charge in [0.15, 0.2) is 0 Å². The molecule has 1 heterocycles. The van der Waals surface area contributed by atoms with Crippen LogP contribution in [0.4, 0.5) is 0 Å². The number of nitrogens with one attached hydrogen (secondary N) is 1. The van der Waals surface area contributed by atoms with Crippen LogP contribution in [0.15, 0.2) is 48.7 Å². The highest BCUT2D eigenvalue weighted by molar-refractivity contribution is 6.32. The maximum atomic E-state index is 8.00. The summed E-state index contributed by atoms with van der Waals surface area (Å²) in [5.41, 5.74) is 4.63. The Morgan fingerprint density at radius 3 is 2.40 bits per heavy atom. The quantitative estimate of drug-likeness (QED) is 0.330. The number of ether oxygens (including phenoxy) is 1. The van der Waals surface area contributed by atoms with E-state index in [1.165, 1.54) is 24.1 Å². The van der Waals surface area contributed by atoms with Gasteiger partial charge >= 0.3 is 0 Å². The molecule has 1 aromatic heterocycles. The SMILES string of the molecule is C=C/C(=C\c1c(Cl)cn(-c2ccc(OC)cc2)c1C(C)C)CCCCCNC.C=O. The van der Waals surface area contributed by atoms with E-state index in [1.54, 1.807) is 7.11 Å². The first-order valence-electron chi connectivity index (χ1n) is 10.3. The summed E-state index contributed by atoms with van der Waals surface area (Å²) in [7, 11) is 3.68. The van der Waals surface area contributed by atoms with Crippen LogP contribution in [0.2, 0.25) is 5.02 Å². The Labute approximate surface area is 186 Å². The standard InChI is InChI=1S/C24H33ClN2O.CH2O/c1-6-19(10-8-7-9-15-26-4)16-22-23(25)17-27(24(22)18(2)3)20-11-13-21(28-5)14-12-20;1-2/h6,11-14,16-18,26H,1,7-10,15H2,2-5H3;1H2/b19-16+;. The maximum Gasteiger partial charge on any atom is 0.119 e. The van der Waals surface area contributed by atoms with Crippen LogP contribution in [-0.4, -0.2) is 32.1 Å². The van der Waals surface area contributed by atoms with Gasteiger partial charge in [-0.25, -0.2) is 0 Å². The molecule has 0 unspecified atom stereocenters. The number of unbranched alkanes of at least 4 members (excludes halogenated alkanes) is 2. The minimum absolute atomic E-state index is 0.336. The summed E-state index contributed by atoms with van der Waals surface area (Å²) in [5.74, 6) is 1.18. The summed E-state index contributed by atoms with van der Waals surface area (Å²) in [6.07, 6.45) is 10.8. The highest BCUT2D eigenvalue weighted by atomic mass is 35.5. The first kappa shape index (κ1) is 25.7. The number of carbonyl (C=O) groups is 1. The topological polar surface area (TPSA) is 43.3 Å². The molecular formula is C25H35ClN2O2. The molecule has 0 aliphatic heterocycles. The van der Waals surface area contributed by atoms with Crippen molar-refractivity contribution in [2.45, 2.75) is 45.4 Å². The fourth-order valence-corrected chi connectivity index (χ4v) is 3.67. The van der Waals surface area contributed by atoms with Crippen molar-refractivity contribution >= 4 is 24.5 Å². The van der Waals surface area contributed by atoms with E-state index in [9.17, 15) is 0 Å². The fraction of sp³-hybridized carbons (Fsp3) is 0.400. The molecule has 2 rings (SSSR count). The van der Waals surface area contributed by atoms with Crippen molar-refractivity contribution in [2.75, 3.05) is 20.7 Å². The molecule has 0 bridgehead atoms. The van der Waals surface area contributed by atoms with Crippen molar-refractivity contribution in [3.63, 3.8) is 0 Å². The normalized spacial score (nSPS) is 11.2. The van der Waals surface area contributed by atoms with Crippen LogP contribution in [0.5, 0.6) is 5.75 Å². The molecule has 0 amide bonds. The van der Waals surface area contributed by atoms with Gasteiger partial charge in [0.1, 0.15) is 12.5 Å². The minimum Gasteiger partial charge on any atom is -0.497 e. The van der Waals surface area contributed by atoms with Gasteiger partial charge in [-0.2, -0.15) is 0 Å². The van der Waals surface area contributed by atoms with E-state index < -0.39 is 0 Å². The maximum absolute atomic E-state index is 8.00. The number of rotatable bonds is 11. The zero-order chi connectivity index (χ0) is 22.5. The lowest BCUT2D eigenvalue weighted by molar-refractivity contribution is -0.0979. The molecule has 164 valence electrons. The second-order valence-electron chi connectivity index (χ2n) is 7.34. The second kappa shape index (κ2) is 13.8. The van der Waals surface area contributed by atoms with Crippen molar-refractivity contribution in [2.24, 2.45) is 0 Å². The predicted molar refractivity (Wildman–Crippen MR) is 129 cm³/mol. The highest BCUT2D eigenvalue weighted by Crippen LogP contribution is 2.34. The molecule has 0 spiro atoms. The van der Waals surface area contributed by atoms with Crippen LogP contribution in [-0.2, 0) is 4.79 Å². The van der Waals surface area contributed by atoms with Crippen molar-refractivity contribution in [1.29, 1.82) is 0 Å². The van der Waals surface area contributed by atoms with Crippen LogP contribution in [0.3, 0.4) is 0 Å². The molecule has 1 aromatic carbocycles. The number of carbonyl (C=O) groups excluding carboxylic acids is 1. The highest BCUT2D eigenvalue weighted by Gasteiger charge is 2.17. The van der Waals surface area contributed by atoms with E-state index in [1.807, 2.05) is 38.2 Å². The Morgan fingerprint density at radius 1 is 1.20 bits per heavy atom. The summed E-state index contributed by atoms with van der Waals surface area (Å²) in [5, 5.41) is 3.97. The number of halogens is 1. The molecule has 0 atom stereocenters. The Balaban J connectivity index is 0.00000218. The van der Waals surface area contributed by atoms with Crippen LogP contribution in [0.1, 0.15) is 56.7 Å². The molecule has 2 aromatic rings. The molecule has 0 saturated carbocycles. The second-order valence-corrected chi connectivity index (χ2v) is 7.74. The van der Waals surface area contributed by atoms with E-state index in [2.05, 4.69) is 48.5 Å². The van der Waals surface area contributed by atoms with Crippen LogP contribution >= 0.6 is 11.6 Å². The first-order chi connectivity index (χ1) is 14.5.